The summed E-state index contributed by atoms with van der Waals surface area (Å²) in [6, 6.07) is 12.4. The second kappa shape index (κ2) is 7.35. The number of rotatable bonds is 5. The van der Waals surface area contributed by atoms with Crippen LogP contribution in [0.15, 0.2) is 64.3 Å². The molecule has 2 aromatic heterocycles. The summed E-state index contributed by atoms with van der Waals surface area (Å²) >= 11 is 3.23. The van der Waals surface area contributed by atoms with Gasteiger partial charge in [-0.1, -0.05) is 36.4 Å². The molecule has 0 saturated carbocycles. The Kier molecular flexibility index (Phi) is 5.00. The van der Waals surface area contributed by atoms with Crippen LogP contribution in [0.3, 0.4) is 0 Å². The Morgan fingerprint density at radius 1 is 1.08 bits per heavy atom. The van der Waals surface area contributed by atoms with Crippen LogP contribution in [-0.2, 0) is 13.2 Å². The summed E-state index contributed by atoms with van der Waals surface area (Å²) in [6.45, 7) is 0.564. The molecule has 0 fully saturated rings. The minimum atomic E-state index is -0.560. The predicted octanol–water partition coefficient (Wildman–Crippen LogP) is 3.17. The first-order valence-corrected chi connectivity index (χ1v) is 7.95. The highest BCUT2D eigenvalue weighted by Gasteiger charge is 2.11. The van der Waals surface area contributed by atoms with Crippen molar-refractivity contribution in [1.82, 2.24) is 14.5 Å². The molecule has 0 spiro atoms. The largest absolute Gasteiger partial charge is 0.472 e. The van der Waals surface area contributed by atoms with Crippen LogP contribution in [0, 0.1) is 5.95 Å². The molecule has 0 atom stereocenters. The Morgan fingerprint density at radius 3 is 2.58 bits per heavy atom. The van der Waals surface area contributed by atoms with Gasteiger partial charge in [0.2, 0.25) is 11.8 Å². The van der Waals surface area contributed by atoms with E-state index in [2.05, 4.69) is 25.9 Å². The maximum atomic E-state index is 12.8. The minimum Gasteiger partial charge on any atom is -0.472 e. The standard InChI is InChI=1S/C17H13BrFN3O2/c18-15-16(24-10-12-4-2-1-3-5-12)21-11-22(17(15)23)9-13-6-7-14(19)20-8-13/h1-8,11H,9-10H2. The summed E-state index contributed by atoms with van der Waals surface area (Å²) < 4.78 is 20.1. The molecule has 0 aliphatic rings. The fraction of sp³-hybridized carbons (Fsp3) is 0.118. The molecule has 0 amide bonds. The molecular formula is C17H13BrFN3O2. The van der Waals surface area contributed by atoms with Gasteiger partial charge in [-0.15, -0.1) is 0 Å². The molecule has 3 rings (SSSR count). The van der Waals surface area contributed by atoms with E-state index in [1.807, 2.05) is 30.3 Å². The van der Waals surface area contributed by atoms with Crippen molar-refractivity contribution in [3.8, 4) is 5.88 Å². The highest BCUT2D eigenvalue weighted by atomic mass is 79.9. The van der Waals surface area contributed by atoms with Crippen molar-refractivity contribution in [3.05, 3.63) is 86.9 Å². The summed E-state index contributed by atoms with van der Waals surface area (Å²) in [7, 11) is 0. The Morgan fingerprint density at radius 2 is 1.88 bits per heavy atom. The van der Waals surface area contributed by atoms with Crippen molar-refractivity contribution in [1.29, 1.82) is 0 Å². The molecule has 3 aromatic rings. The lowest BCUT2D eigenvalue weighted by molar-refractivity contribution is 0.289. The average molecular weight is 390 g/mol. The van der Waals surface area contributed by atoms with Crippen LogP contribution in [0.4, 0.5) is 4.39 Å². The number of pyridine rings is 1. The molecule has 0 unspecified atom stereocenters. The van der Waals surface area contributed by atoms with Gasteiger partial charge in [0.1, 0.15) is 17.4 Å². The lowest BCUT2D eigenvalue weighted by Crippen LogP contribution is -2.22. The zero-order valence-electron chi connectivity index (χ0n) is 12.5. The van der Waals surface area contributed by atoms with E-state index in [-0.39, 0.29) is 22.5 Å². The van der Waals surface area contributed by atoms with E-state index in [0.717, 1.165) is 5.56 Å². The van der Waals surface area contributed by atoms with Crippen LogP contribution >= 0.6 is 15.9 Å². The van der Waals surface area contributed by atoms with Crippen molar-refractivity contribution >= 4 is 15.9 Å². The van der Waals surface area contributed by atoms with Crippen LogP contribution in [0.1, 0.15) is 11.1 Å². The molecule has 122 valence electrons. The first kappa shape index (κ1) is 16.3. The zero-order chi connectivity index (χ0) is 16.9. The third-order valence-corrected chi connectivity index (χ3v) is 3.99. The van der Waals surface area contributed by atoms with Gasteiger partial charge in [-0.2, -0.15) is 4.39 Å². The van der Waals surface area contributed by atoms with Crippen molar-refractivity contribution in [2.75, 3.05) is 0 Å². The highest BCUT2D eigenvalue weighted by Crippen LogP contribution is 2.18. The van der Waals surface area contributed by atoms with E-state index < -0.39 is 5.95 Å². The van der Waals surface area contributed by atoms with Crippen molar-refractivity contribution in [3.63, 3.8) is 0 Å². The summed E-state index contributed by atoms with van der Waals surface area (Å²) in [5.41, 5.74) is 1.40. The molecule has 7 heteroatoms. The summed E-state index contributed by atoms with van der Waals surface area (Å²) in [4.78, 5) is 20.1. The Balaban J connectivity index is 1.76. The second-order valence-electron chi connectivity index (χ2n) is 5.06. The lowest BCUT2D eigenvalue weighted by atomic mass is 10.2. The van der Waals surface area contributed by atoms with E-state index in [1.165, 1.54) is 23.2 Å². The number of benzene rings is 1. The van der Waals surface area contributed by atoms with Gasteiger partial charge >= 0.3 is 0 Å². The molecule has 0 aliphatic carbocycles. The molecule has 0 radical (unpaired) electrons. The Bertz CT molecular complexity index is 883. The van der Waals surface area contributed by atoms with Crippen LogP contribution < -0.4 is 10.3 Å². The number of aromatic nitrogens is 3. The van der Waals surface area contributed by atoms with Crippen LogP contribution in [-0.4, -0.2) is 14.5 Å². The third kappa shape index (κ3) is 3.86. The van der Waals surface area contributed by atoms with E-state index >= 15 is 0 Å². The van der Waals surface area contributed by atoms with E-state index in [9.17, 15) is 9.18 Å². The maximum absolute atomic E-state index is 12.8. The van der Waals surface area contributed by atoms with Gasteiger partial charge in [-0.05, 0) is 33.1 Å². The Labute approximate surface area is 145 Å². The fourth-order valence-electron chi connectivity index (χ4n) is 2.08. The fourth-order valence-corrected chi connectivity index (χ4v) is 2.53. The normalized spacial score (nSPS) is 10.6. The quantitative estimate of drug-likeness (QED) is 0.628. The average Bonchev–Trinajstić information content (AvgIpc) is 2.61. The predicted molar refractivity (Wildman–Crippen MR) is 90.3 cm³/mol. The molecule has 2 heterocycles. The van der Waals surface area contributed by atoms with Gasteiger partial charge in [0.15, 0.2) is 0 Å². The SMILES string of the molecule is O=c1c(Br)c(OCc2ccccc2)ncn1Cc1ccc(F)nc1. The summed E-state index contributed by atoms with van der Waals surface area (Å²) in [5.74, 6) is -0.326. The van der Waals surface area contributed by atoms with E-state index in [0.29, 0.717) is 12.2 Å². The first-order chi connectivity index (χ1) is 11.6. The van der Waals surface area contributed by atoms with Gasteiger partial charge in [-0.3, -0.25) is 9.36 Å². The van der Waals surface area contributed by atoms with E-state index in [1.54, 1.807) is 6.07 Å². The maximum Gasteiger partial charge on any atom is 0.271 e. The molecular weight excluding hydrogens is 377 g/mol. The van der Waals surface area contributed by atoms with Gasteiger partial charge in [0.25, 0.3) is 5.56 Å². The van der Waals surface area contributed by atoms with Crippen molar-refractivity contribution in [2.24, 2.45) is 0 Å². The minimum absolute atomic E-state index is 0.234. The van der Waals surface area contributed by atoms with E-state index in [4.69, 9.17) is 4.74 Å². The number of halogens is 2. The van der Waals surface area contributed by atoms with Gasteiger partial charge in [0, 0.05) is 6.20 Å². The number of hydrogen-bond donors (Lipinski definition) is 0. The number of ether oxygens (including phenoxy) is 1. The van der Waals surface area contributed by atoms with Crippen LogP contribution in [0.25, 0.3) is 0 Å². The van der Waals surface area contributed by atoms with Crippen LogP contribution in [0.2, 0.25) is 0 Å². The van der Waals surface area contributed by atoms with Crippen molar-refractivity contribution < 1.29 is 9.13 Å². The zero-order valence-corrected chi connectivity index (χ0v) is 14.1. The van der Waals surface area contributed by atoms with Crippen LogP contribution in [0.5, 0.6) is 5.88 Å². The smallest absolute Gasteiger partial charge is 0.271 e. The first-order valence-electron chi connectivity index (χ1n) is 7.15. The molecule has 1 aromatic carbocycles. The molecule has 24 heavy (non-hydrogen) atoms. The molecule has 0 bridgehead atoms. The topological polar surface area (TPSA) is 57.0 Å². The van der Waals surface area contributed by atoms with Gasteiger partial charge < -0.3 is 4.74 Å². The van der Waals surface area contributed by atoms with Crippen molar-refractivity contribution in [2.45, 2.75) is 13.2 Å². The number of nitrogens with zero attached hydrogens (tertiary/aromatic N) is 3. The molecule has 0 aliphatic heterocycles. The number of hydrogen-bond acceptors (Lipinski definition) is 4. The lowest BCUT2D eigenvalue weighted by Gasteiger charge is -2.10. The van der Waals surface area contributed by atoms with Gasteiger partial charge in [0.05, 0.1) is 6.54 Å². The second-order valence-corrected chi connectivity index (χ2v) is 5.85. The van der Waals surface area contributed by atoms with Gasteiger partial charge in [-0.25, -0.2) is 9.97 Å². The highest BCUT2D eigenvalue weighted by molar-refractivity contribution is 9.10. The third-order valence-electron chi connectivity index (χ3n) is 3.31. The molecule has 0 saturated heterocycles. The summed E-state index contributed by atoms with van der Waals surface area (Å²) in [6.07, 6.45) is 2.78. The Hall–Kier alpha value is -2.54. The summed E-state index contributed by atoms with van der Waals surface area (Å²) in [5, 5.41) is 0. The molecule has 5 nitrogen and oxygen atoms in total. The molecule has 0 N–H and O–H groups in total. The monoisotopic (exact) mass is 389 g/mol.